The molecule has 0 aliphatic carbocycles. The van der Waals surface area contributed by atoms with Gasteiger partial charge in [-0.15, -0.1) is 11.3 Å². The van der Waals surface area contributed by atoms with Gasteiger partial charge in [0.05, 0.1) is 6.33 Å². The van der Waals surface area contributed by atoms with Crippen LogP contribution in [0.15, 0.2) is 36.1 Å². The van der Waals surface area contributed by atoms with Crippen LogP contribution >= 0.6 is 11.3 Å². The fourth-order valence-electron chi connectivity index (χ4n) is 1.74. The van der Waals surface area contributed by atoms with Gasteiger partial charge in [-0.1, -0.05) is 6.07 Å². The topological polar surface area (TPSA) is 58.6 Å². The quantitative estimate of drug-likeness (QED) is 0.719. The van der Waals surface area contributed by atoms with Gasteiger partial charge < -0.3 is 4.98 Å². The van der Waals surface area contributed by atoms with E-state index < -0.39 is 0 Å². The maximum atomic E-state index is 12.1. The van der Waals surface area contributed by atoms with E-state index in [9.17, 15) is 4.79 Å². The lowest BCUT2D eigenvalue weighted by Gasteiger charge is -1.99. The Morgan fingerprint density at radius 1 is 1.35 bits per heavy atom. The van der Waals surface area contributed by atoms with Gasteiger partial charge in [0.2, 0.25) is 0 Å². The number of pyridine rings is 1. The van der Waals surface area contributed by atoms with E-state index in [0.717, 1.165) is 4.88 Å². The number of hydrogen-bond acceptors (Lipinski definition) is 4. The molecule has 0 saturated heterocycles. The highest BCUT2D eigenvalue weighted by molar-refractivity contribution is 7.10. The zero-order chi connectivity index (χ0) is 11.7. The molecule has 4 nitrogen and oxygen atoms in total. The van der Waals surface area contributed by atoms with Crippen molar-refractivity contribution in [2.45, 2.75) is 6.42 Å². The summed E-state index contributed by atoms with van der Waals surface area (Å²) in [6.45, 7) is 0. The van der Waals surface area contributed by atoms with E-state index in [2.05, 4.69) is 15.0 Å². The van der Waals surface area contributed by atoms with E-state index in [1.54, 1.807) is 29.9 Å². The molecule has 17 heavy (non-hydrogen) atoms. The summed E-state index contributed by atoms with van der Waals surface area (Å²) in [5, 5.41) is 1.97. The Labute approximate surface area is 101 Å². The van der Waals surface area contributed by atoms with Gasteiger partial charge in [0.1, 0.15) is 5.52 Å². The van der Waals surface area contributed by atoms with Crippen molar-refractivity contribution in [1.29, 1.82) is 0 Å². The van der Waals surface area contributed by atoms with Crippen molar-refractivity contribution < 1.29 is 4.79 Å². The molecule has 0 saturated carbocycles. The van der Waals surface area contributed by atoms with Gasteiger partial charge in [0.15, 0.2) is 11.4 Å². The number of H-pyrrole nitrogens is 1. The average Bonchev–Trinajstić information content (AvgIpc) is 2.97. The highest BCUT2D eigenvalue weighted by Crippen LogP contribution is 2.17. The Hall–Kier alpha value is -2.01. The second-order valence-corrected chi connectivity index (χ2v) is 4.67. The third-order valence-electron chi connectivity index (χ3n) is 2.53. The fraction of sp³-hybridized carbons (Fsp3) is 0.0833. The largest absolute Gasteiger partial charge is 0.329 e. The van der Waals surface area contributed by atoms with Crippen LogP contribution in [-0.4, -0.2) is 20.7 Å². The number of imidazole rings is 1. The van der Waals surface area contributed by atoms with E-state index in [-0.39, 0.29) is 5.78 Å². The van der Waals surface area contributed by atoms with Crippen LogP contribution in [0, 0.1) is 0 Å². The van der Waals surface area contributed by atoms with Crippen molar-refractivity contribution in [2.75, 3.05) is 0 Å². The zero-order valence-electron chi connectivity index (χ0n) is 8.88. The number of fused-ring (bicyclic) bond motifs is 1. The van der Waals surface area contributed by atoms with Crippen LogP contribution in [0.5, 0.6) is 0 Å². The highest BCUT2D eigenvalue weighted by atomic mass is 32.1. The third kappa shape index (κ3) is 1.85. The first-order valence-corrected chi connectivity index (χ1v) is 6.06. The molecule has 0 radical (unpaired) electrons. The lowest BCUT2D eigenvalue weighted by Crippen LogP contribution is -2.03. The molecular weight excluding hydrogens is 234 g/mol. The SMILES string of the molecule is O=C(Cc1cccs1)c1ccnc2[nH]cnc12. The van der Waals surface area contributed by atoms with Gasteiger partial charge in [-0.05, 0) is 17.5 Å². The van der Waals surface area contributed by atoms with Crippen LogP contribution in [-0.2, 0) is 6.42 Å². The number of hydrogen-bond donors (Lipinski definition) is 1. The molecule has 3 aromatic heterocycles. The second kappa shape index (κ2) is 4.10. The minimum atomic E-state index is 0.0759. The monoisotopic (exact) mass is 243 g/mol. The molecule has 0 fully saturated rings. The lowest BCUT2D eigenvalue weighted by molar-refractivity contribution is 0.0995. The zero-order valence-corrected chi connectivity index (χ0v) is 9.70. The molecule has 0 spiro atoms. The molecule has 0 aromatic carbocycles. The number of rotatable bonds is 3. The molecule has 3 rings (SSSR count). The first-order valence-electron chi connectivity index (χ1n) is 5.18. The summed E-state index contributed by atoms with van der Waals surface area (Å²) in [5.41, 5.74) is 1.93. The van der Waals surface area contributed by atoms with E-state index in [4.69, 9.17) is 0 Å². The number of nitrogens with zero attached hydrogens (tertiary/aromatic N) is 2. The number of thiophene rings is 1. The maximum Gasteiger partial charge on any atom is 0.170 e. The Kier molecular flexibility index (Phi) is 2.45. The minimum absolute atomic E-state index is 0.0759. The van der Waals surface area contributed by atoms with Gasteiger partial charge >= 0.3 is 0 Å². The van der Waals surface area contributed by atoms with E-state index in [0.29, 0.717) is 23.1 Å². The fourth-order valence-corrected chi connectivity index (χ4v) is 2.44. The molecule has 3 aromatic rings. The Balaban J connectivity index is 1.98. The van der Waals surface area contributed by atoms with Crippen LogP contribution < -0.4 is 0 Å². The first kappa shape index (κ1) is 10.2. The van der Waals surface area contributed by atoms with Gasteiger partial charge in [0, 0.05) is 23.1 Å². The van der Waals surface area contributed by atoms with Gasteiger partial charge in [-0.25, -0.2) is 9.97 Å². The van der Waals surface area contributed by atoms with Crippen molar-refractivity contribution in [3.05, 3.63) is 46.5 Å². The first-order chi connectivity index (χ1) is 8.34. The summed E-state index contributed by atoms with van der Waals surface area (Å²) in [4.78, 5) is 24.4. The number of nitrogens with one attached hydrogen (secondary N) is 1. The number of ketones is 1. The van der Waals surface area contributed by atoms with Crippen molar-refractivity contribution in [3.8, 4) is 0 Å². The molecular formula is C12H9N3OS. The van der Waals surface area contributed by atoms with Gasteiger partial charge in [-0.3, -0.25) is 4.79 Å². The standard InChI is InChI=1S/C12H9N3OS/c16-10(6-8-2-1-5-17-8)9-3-4-13-12-11(9)14-7-15-12/h1-5,7H,6H2,(H,13,14,15). The van der Waals surface area contributed by atoms with Crippen LogP contribution in [0.25, 0.3) is 11.2 Å². The van der Waals surface area contributed by atoms with Gasteiger partial charge in [0.25, 0.3) is 0 Å². The number of aromatic amines is 1. The van der Waals surface area contributed by atoms with Crippen LogP contribution in [0.2, 0.25) is 0 Å². The molecule has 0 amide bonds. The van der Waals surface area contributed by atoms with Crippen LogP contribution in [0.3, 0.4) is 0 Å². The molecule has 84 valence electrons. The molecule has 1 N–H and O–H groups in total. The Bertz CT molecular complexity index is 657. The summed E-state index contributed by atoms with van der Waals surface area (Å²) >= 11 is 1.59. The molecule has 0 atom stereocenters. The van der Waals surface area contributed by atoms with Crippen molar-refractivity contribution in [2.24, 2.45) is 0 Å². The van der Waals surface area contributed by atoms with E-state index in [1.165, 1.54) is 0 Å². The normalized spacial score (nSPS) is 10.8. The predicted molar refractivity (Wildman–Crippen MR) is 66.2 cm³/mol. The summed E-state index contributed by atoms with van der Waals surface area (Å²) in [5.74, 6) is 0.0759. The van der Waals surface area contributed by atoms with Gasteiger partial charge in [-0.2, -0.15) is 0 Å². The summed E-state index contributed by atoms with van der Waals surface area (Å²) in [6, 6.07) is 5.63. The van der Waals surface area contributed by atoms with E-state index in [1.807, 2.05) is 17.5 Å². The van der Waals surface area contributed by atoms with Crippen LogP contribution in [0.1, 0.15) is 15.2 Å². The Morgan fingerprint density at radius 3 is 3.12 bits per heavy atom. The molecule has 0 aliphatic rings. The number of Topliss-reactive ketones (excluding diaryl/α,β-unsaturated/α-hetero) is 1. The average molecular weight is 243 g/mol. The van der Waals surface area contributed by atoms with E-state index >= 15 is 0 Å². The number of aromatic nitrogens is 3. The maximum absolute atomic E-state index is 12.1. The molecule has 0 bridgehead atoms. The minimum Gasteiger partial charge on any atom is -0.329 e. The second-order valence-electron chi connectivity index (χ2n) is 3.64. The Morgan fingerprint density at radius 2 is 2.29 bits per heavy atom. The van der Waals surface area contributed by atoms with Crippen LogP contribution in [0.4, 0.5) is 0 Å². The molecule has 3 heterocycles. The summed E-state index contributed by atoms with van der Waals surface area (Å²) < 4.78 is 0. The highest BCUT2D eigenvalue weighted by Gasteiger charge is 2.13. The number of carbonyl (C=O) groups is 1. The lowest BCUT2D eigenvalue weighted by atomic mass is 10.1. The smallest absolute Gasteiger partial charge is 0.170 e. The molecule has 0 unspecified atom stereocenters. The summed E-state index contributed by atoms with van der Waals surface area (Å²) in [7, 11) is 0. The third-order valence-corrected chi connectivity index (χ3v) is 3.41. The predicted octanol–water partition coefficient (Wildman–Crippen LogP) is 2.44. The summed E-state index contributed by atoms with van der Waals surface area (Å²) in [6.07, 6.45) is 3.60. The molecule has 0 aliphatic heterocycles. The van der Waals surface area contributed by atoms with Crippen molar-refractivity contribution >= 4 is 28.3 Å². The van der Waals surface area contributed by atoms with Crippen molar-refractivity contribution in [3.63, 3.8) is 0 Å². The van der Waals surface area contributed by atoms with Crippen molar-refractivity contribution in [1.82, 2.24) is 15.0 Å². The molecule has 5 heteroatoms. The number of carbonyl (C=O) groups excluding carboxylic acids is 1.